The third kappa shape index (κ3) is 8.21. The number of fused-ring (bicyclic) bond motifs is 3. The molecule has 7 rings (SSSR count). The lowest BCUT2D eigenvalue weighted by molar-refractivity contribution is -0.141. The molecule has 0 radical (unpaired) electrons. The number of ether oxygens (including phenoxy) is 2. The number of carbonyl (C=O) groups is 4. The van der Waals surface area contributed by atoms with Crippen molar-refractivity contribution in [1.82, 2.24) is 35.0 Å². The summed E-state index contributed by atoms with van der Waals surface area (Å²) in [5.74, 6) is -2.97. The van der Waals surface area contributed by atoms with E-state index in [0.717, 1.165) is 12.8 Å². The highest BCUT2D eigenvalue weighted by Gasteiger charge is 2.63. The van der Waals surface area contributed by atoms with Gasteiger partial charge >= 0.3 is 0 Å². The van der Waals surface area contributed by atoms with Gasteiger partial charge in [-0.25, -0.2) is 17.8 Å². The van der Waals surface area contributed by atoms with E-state index in [1.165, 1.54) is 15.6 Å². The summed E-state index contributed by atoms with van der Waals surface area (Å²) in [4.78, 5) is 62.4. The van der Waals surface area contributed by atoms with Gasteiger partial charge in [-0.1, -0.05) is 25.0 Å². The van der Waals surface area contributed by atoms with Crippen LogP contribution in [-0.2, 0) is 31.5 Å². The number of nitrogens with zero attached hydrogens (tertiary/aromatic N) is 4. The van der Waals surface area contributed by atoms with Crippen molar-refractivity contribution < 1.29 is 41.5 Å². The van der Waals surface area contributed by atoms with E-state index in [4.69, 9.17) is 9.47 Å². The number of hydrogen-bond acceptors (Lipinski definition) is 10. The molecule has 5 atom stereocenters. The first-order valence-corrected chi connectivity index (χ1v) is 21.1. The summed E-state index contributed by atoms with van der Waals surface area (Å²) in [6.45, 7) is 6.76. The largest absolute Gasteiger partial charge is 0.488 e. The minimum atomic E-state index is -4.02. The zero-order valence-corrected chi connectivity index (χ0v) is 33.7. The Morgan fingerprint density at radius 3 is 2.60 bits per heavy atom. The smallest absolute Gasteiger partial charge is 0.272 e. The molecule has 3 N–H and O–H groups in total. The maximum Gasteiger partial charge on any atom is 0.272 e. The van der Waals surface area contributed by atoms with Gasteiger partial charge in [0.05, 0.1) is 22.9 Å². The molecule has 4 heterocycles. The lowest BCUT2D eigenvalue weighted by Crippen LogP contribution is -2.58. The molecule has 2 aromatic heterocycles. The van der Waals surface area contributed by atoms with Crippen LogP contribution in [0.4, 0.5) is 4.39 Å². The van der Waals surface area contributed by atoms with E-state index in [1.54, 1.807) is 45.3 Å². The highest BCUT2D eigenvalue weighted by molar-refractivity contribution is 7.91. The number of halogens is 1. The Hall–Kier alpha value is -5.06. The van der Waals surface area contributed by atoms with Gasteiger partial charge in [0.25, 0.3) is 11.8 Å². The highest BCUT2D eigenvalue weighted by atomic mass is 32.2. The number of benzene rings is 1. The minimum Gasteiger partial charge on any atom is -0.488 e. The van der Waals surface area contributed by atoms with Crippen molar-refractivity contribution in [1.29, 1.82) is 0 Å². The van der Waals surface area contributed by atoms with Crippen LogP contribution >= 0.6 is 0 Å². The van der Waals surface area contributed by atoms with Crippen LogP contribution in [0.5, 0.6) is 11.6 Å². The van der Waals surface area contributed by atoms with Crippen LogP contribution in [0.1, 0.15) is 94.6 Å². The van der Waals surface area contributed by atoms with Gasteiger partial charge in [0, 0.05) is 42.6 Å². The van der Waals surface area contributed by atoms with Gasteiger partial charge in [-0.05, 0) is 84.4 Å². The molecule has 1 aromatic carbocycles. The lowest BCUT2D eigenvalue weighted by Gasteiger charge is -2.30. The number of pyridine rings is 1. The van der Waals surface area contributed by atoms with E-state index < -0.39 is 73.9 Å². The molecule has 0 spiro atoms. The molecular formula is C40H50FN7O8S. The van der Waals surface area contributed by atoms with Gasteiger partial charge in [-0.15, -0.1) is 0 Å². The summed E-state index contributed by atoms with van der Waals surface area (Å²) < 4.78 is 56.3. The zero-order chi connectivity index (χ0) is 40.9. The summed E-state index contributed by atoms with van der Waals surface area (Å²) in [6.07, 6.45) is 8.43. The molecule has 2 aliphatic heterocycles. The van der Waals surface area contributed by atoms with E-state index in [1.807, 2.05) is 26.0 Å². The number of aromatic nitrogens is 3. The molecule has 0 unspecified atom stereocenters. The standard InChI is InChI=1S/C40H50FN7O8S/c1-23(2)55-33-20-32(27-13-14-28(41)24(3)34(27)43-33)56-26-19-31-36(50)44-40(38(52)46-57(53,54)39(4)16-17-39)21-25(40)11-9-7-6-8-10-12-30(37(51)48(31)22-26)42-35(49)29-15-18-47(5)45-29/h9,11,13-15,18,20,23,25-26,30-31H,6-8,10,12,16-17,19,21-22H2,1-5H3,(H,42,49)(H,44,50)(H,46,52)/b11-9-/t25-,26-,30+,31+,40-/m1/s1. The summed E-state index contributed by atoms with van der Waals surface area (Å²) >= 11 is 0. The first kappa shape index (κ1) is 40.1. The topological polar surface area (TPSA) is 191 Å². The van der Waals surface area contributed by atoms with Gasteiger partial charge in [0.15, 0.2) is 0 Å². The molecule has 4 aliphatic rings. The van der Waals surface area contributed by atoms with Gasteiger partial charge in [-0.3, -0.25) is 28.6 Å². The van der Waals surface area contributed by atoms with Crippen molar-refractivity contribution in [3.63, 3.8) is 0 Å². The Labute approximate surface area is 331 Å². The molecule has 17 heteroatoms. The van der Waals surface area contributed by atoms with Crippen molar-refractivity contribution >= 4 is 44.6 Å². The van der Waals surface area contributed by atoms with Crippen LogP contribution < -0.4 is 24.8 Å². The average Bonchev–Trinajstić information content (AvgIpc) is 3.95. The van der Waals surface area contributed by atoms with Crippen LogP contribution in [-0.4, -0.2) is 92.8 Å². The Bertz CT molecular complexity index is 2240. The molecule has 3 aromatic rings. The van der Waals surface area contributed by atoms with Crippen LogP contribution in [0.3, 0.4) is 0 Å². The number of allylic oxidation sites excluding steroid dienone is 1. The second kappa shape index (κ2) is 15.4. The number of nitrogens with one attached hydrogen (secondary N) is 3. The van der Waals surface area contributed by atoms with Crippen molar-refractivity contribution in [2.24, 2.45) is 13.0 Å². The minimum absolute atomic E-state index is 0.0164. The SMILES string of the molecule is Cc1c(F)ccc2c(O[C@@H]3C[C@H]4C(=O)N[C@]5(C(=O)NS(=O)(=O)C6(C)CC6)C[C@H]5/C=C\CCCCC[C@H](NC(=O)c5ccn(C)n5)C(=O)N4C3)cc(OC(C)C)nc12. The Morgan fingerprint density at radius 2 is 1.89 bits per heavy atom. The number of rotatable bonds is 9. The summed E-state index contributed by atoms with van der Waals surface area (Å²) in [7, 11) is -2.34. The summed E-state index contributed by atoms with van der Waals surface area (Å²) in [5, 5.41) is 10.4. The molecular weight excluding hydrogens is 758 g/mol. The number of sulfonamides is 1. The van der Waals surface area contributed by atoms with Crippen molar-refractivity contribution in [2.45, 2.75) is 120 Å². The maximum absolute atomic E-state index is 14.7. The van der Waals surface area contributed by atoms with Gasteiger partial charge in [0.1, 0.15) is 41.0 Å². The maximum atomic E-state index is 14.7. The van der Waals surface area contributed by atoms with Crippen LogP contribution in [0.15, 0.2) is 42.6 Å². The Morgan fingerprint density at radius 1 is 1.12 bits per heavy atom. The third-order valence-electron chi connectivity index (χ3n) is 11.5. The second-order valence-electron chi connectivity index (χ2n) is 16.3. The molecule has 3 fully saturated rings. The summed E-state index contributed by atoms with van der Waals surface area (Å²) in [6, 6.07) is 3.80. The first-order valence-electron chi connectivity index (χ1n) is 19.6. The Kier molecular flexibility index (Phi) is 10.8. The molecule has 4 amide bonds. The average molecular weight is 808 g/mol. The normalized spacial score (nSPS) is 26.7. The number of carbonyl (C=O) groups excluding carboxylic acids is 4. The number of amides is 4. The van der Waals surface area contributed by atoms with E-state index in [0.29, 0.717) is 54.3 Å². The van der Waals surface area contributed by atoms with Crippen molar-refractivity contribution in [2.75, 3.05) is 6.54 Å². The Balaban J connectivity index is 1.23. The van der Waals surface area contributed by atoms with Crippen molar-refractivity contribution in [3.8, 4) is 11.6 Å². The van der Waals surface area contributed by atoms with E-state index >= 15 is 0 Å². The molecule has 15 nitrogen and oxygen atoms in total. The van der Waals surface area contributed by atoms with Crippen molar-refractivity contribution in [3.05, 3.63) is 59.7 Å². The predicted molar refractivity (Wildman–Crippen MR) is 207 cm³/mol. The highest BCUT2D eigenvalue weighted by Crippen LogP contribution is 2.47. The van der Waals surface area contributed by atoms with E-state index in [9.17, 15) is 32.0 Å². The van der Waals surface area contributed by atoms with Gasteiger partial charge in [-0.2, -0.15) is 5.10 Å². The first-order chi connectivity index (χ1) is 27.0. The zero-order valence-electron chi connectivity index (χ0n) is 32.8. The molecule has 2 aliphatic carbocycles. The molecule has 57 heavy (non-hydrogen) atoms. The summed E-state index contributed by atoms with van der Waals surface area (Å²) in [5.41, 5.74) is -0.807. The van der Waals surface area contributed by atoms with Crippen LogP contribution in [0.25, 0.3) is 10.9 Å². The second-order valence-corrected chi connectivity index (χ2v) is 18.5. The molecule has 306 valence electrons. The predicted octanol–water partition coefficient (Wildman–Crippen LogP) is 3.74. The fraction of sp³-hybridized carbons (Fsp3) is 0.550. The van der Waals surface area contributed by atoms with E-state index in [-0.39, 0.29) is 37.1 Å². The molecule has 0 bridgehead atoms. The van der Waals surface area contributed by atoms with Gasteiger partial charge < -0.3 is 25.0 Å². The fourth-order valence-electron chi connectivity index (χ4n) is 7.64. The number of hydrogen-bond donors (Lipinski definition) is 3. The molecule has 2 saturated carbocycles. The fourth-order valence-corrected chi connectivity index (χ4v) is 8.96. The van der Waals surface area contributed by atoms with Gasteiger partial charge in [0.2, 0.25) is 27.7 Å². The lowest BCUT2D eigenvalue weighted by atomic mass is 10.0. The number of aryl methyl sites for hydroxylation is 2. The van der Waals surface area contributed by atoms with Crippen LogP contribution in [0, 0.1) is 18.7 Å². The third-order valence-corrected chi connectivity index (χ3v) is 13.6. The van der Waals surface area contributed by atoms with Crippen LogP contribution in [0.2, 0.25) is 0 Å². The quantitative estimate of drug-likeness (QED) is 0.269. The molecule has 1 saturated heterocycles. The monoisotopic (exact) mass is 807 g/mol. The van der Waals surface area contributed by atoms with E-state index in [2.05, 4.69) is 25.4 Å².